The molecule has 1 aliphatic heterocycles. The standard InChI is InChI=1S/C33H35N5O5/c1-41-31-7-3-2-6-30(31)38-18-16-37(17-19-38)23-26-8-12-27(13-9-26)33(40)36-35-21-25-10-14-28(15-11-25)43-24-32(39)34-22-29-5-4-20-42-29/h2-15,20-21H,16-19,22-24H2,1H3,(H,34,39)(H,36,40)/b35-21-. The fourth-order valence-corrected chi connectivity index (χ4v) is 4.74. The molecular weight excluding hydrogens is 546 g/mol. The number of carbonyl (C=O) groups excluding carboxylic acids is 2. The molecule has 0 unspecified atom stereocenters. The van der Waals surface area contributed by atoms with E-state index in [0.717, 1.165) is 55.3 Å². The number of anilines is 1. The number of nitrogens with zero attached hydrogens (tertiary/aromatic N) is 3. The van der Waals surface area contributed by atoms with E-state index in [2.05, 4.69) is 31.7 Å². The molecule has 0 saturated carbocycles. The number of piperazine rings is 1. The second-order valence-electron chi connectivity index (χ2n) is 10.0. The van der Waals surface area contributed by atoms with Gasteiger partial charge in [-0.3, -0.25) is 14.5 Å². The van der Waals surface area contributed by atoms with Crippen LogP contribution in [0.4, 0.5) is 5.69 Å². The summed E-state index contributed by atoms with van der Waals surface area (Å²) in [6.07, 6.45) is 3.11. The number of hydrazone groups is 1. The molecule has 1 fully saturated rings. The smallest absolute Gasteiger partial charge is 0.271 e. The second-order valence-corrected chi connectivity index (χ2v) is 10.0. The minimum absolute atomic E-state index is 0.108. The second kappa shape index (κ2) is 14.7. The van der Waals surface area contributed by atoms with Crippen molar-refractivity contribution in [1.82, 2.24) is 15.6 Å². The predicted octanol–water partition coefficient (Wildman–Crippen LogP) is 4.07. The van der Waals surface area contributed by atoms with Gasteiger partial charge in [0.25, 0.3) is 11.8 Å². The number of para-hydroxylation sites is 2. The Morgan fingerprint density at radius 1 is 0.930 bits per heavy atom. The molecule has 43 heavy (non-hydrogen) atoms. The van der Waals surface area contributed by atoms with Crippen molar-refractivity contribution in [2.75, 3.05) is 44.8 Å². The summed E-state index contributed by atoms with van der Waals surface area (Å²) in [5, 5.41) is 6.79. The number of methoxy groups -OCH3 is 1. The summed E-state index contributed by atoms with van der Waals surface area (Å²) >= 11 is 0. The molecule has 10 nitrogen and oxygen atoms in total. The molecule has 3 aromatic carbocycles. The molecule has 1 aromatic heterocycles. The van der Waals surface area contributed by atoms with Crippen molar-refractivity contribution in [2.24, 2.45) is 5.10 Å². The lowest BCUT2D eigenvalue weighted by Gasteiger charge is -2.36. The zero-order valence-corrected chi connectivity index (χ0v) is 24.1. The Morgan fingerprint density at radius 2 is 1.70 bits per heavy atom. The Labute approximate surface area is 250 Å². The topological polar surface area (TPSA) is 109 Å². The number of benzene rings is 3. The van der Waals surface area contributed by atoms with Crippen LogP contribution < -0.4 is 25.1 Å². The summed E-state index contributed by atoms with van der Waals surface area (Å²) in [5.74, 6) is 1.59. The molecular formula is C33H35N5O5. The van der Waals surface area contributed by atoms with E-state index in [1.807, 2.05) is 42.5 Å². The third-order valence-electron chi connectivity index (χ3n) is 7.09. The van der Waals surface area contributed by atoms with Crippen LogP contribution in [0.25, 0.3) is 0 Å². The maximum atomic E-state index is 12.6. The van der Waals surface area contributed by atoms with E-state index in [1.165, 1.54) is 0 Å². The van der Waals surface area contributed by atoms with Crippen LogP contribution in [0.5, 0.6) is 11.5 Å². The quantitative estimate of drug-likeness (QED) is 0.192. The maximum absolute atomic E-state index is 12.6. The van der Waals surface area contributed by atoms with Gasteiger partial charge in [-0.15, -0.1) is 0 Å². The van der Waals surface area contributed by atoms with Crippen LogP contribution in [-0.2, 0) is 17.9 Å². The number of furan rings is 1. The maximum Gasteiger partial charge on any atom is 0.271 e. The van der Waals surface area contributed by atoms with Gasteiger partial charge >= 0.3 is 0 Å². The molecule has 2 heterocycles. The molecule has 0 bridgehead atoms. The number of hydrogen-bond acceptors (Lipinski definition) is 8. The monoisotopic (exact) mass is 581 g/mol. The predicted molar refractivity (Wildman–Crippen MR) is 164 cm³/mol. The first-order valence-corrected chi connectivity index (χ1v) is 14.1. The minimum atomic E-state index is -0.284. The first kappa shape index (κ1) is 29.4. The van der Waals surface area contributed by atoms with E-state index < -0.39 is 0 Å². The van der Waals surface area contributed by atoms with E-state index in [-0.39, 0.29) is 18.4 Å². The van der Waals surface area contributed by atoms with Gasteiger partial charge in [-0.25, -0.2) is 5.43 Å². The van der Waals surface area contributed by atoms with Gasteiger partial charge in [0.1, 0.15) is 17.3 Å². The van der Waals surface area contributed by atoms with Crippen molar-refractivity contribution in [3.05, 3.63) is 114 Å². The number of hydrogen-bond donors (Lipinski definition) is 2. The number of carbonyl (C=O) groups is 2. The van der Waals surface area contributed by atoms with Crippen LogP contribution in [0.2, 0.25) is 0 Å². The lowest BCUT2D eigenvalue weighted by molar-refractivity contribution is -0.123. The Kier molecular flexibility index (Phi) is 10.0. The summed E-state index contributed by atoms with van der Waals surface area (Å²) in [5.41, 5.74) is 6.17. The van der Waals surface area contributed by atoms with Gasteiger partial charge in [0.15, 0.2) is 6.61 Å². The van der Waals surface area contributed by atoms with Crippen LogP contribution >= 0.6 is 0 Å². The number of amides is 2. The van der Waals surface area contributed by atoms with E-state index in [1.54, 1.807) is 56.0 Å². The average Bonchev–Trinajstić information content (AvgIpc) is 3.58. The van der Waals surface area contributed by atoms with Crippen molar-refractivity contribution in [2.45, 2.75) is 13.1 Å². The van der Waals surface area contributed by atoms with Crippen molar-refractivity contribution in [1.29, 1.82) is 0 Å². The largest absolute Gasteiger partial charge is 0.495 e. The van der Waals surface area contributed by atoms with Crippen molar-refractivity contribution in [3.63, 3.8) is 0 Å². The van der Waals surface area contributed by atoms with Crippen LogP contribution in [-0.4, -0.2) is 62.8 Å². The van der Waals surface area contributed by atoms with Crippen molar-refractivity contribution >= 4 is 23.7 Å². The van der Waals surface area contributed by atoms with Gasteiger partial charge in [-0.05, 0) is 71.8 Å². The van der Waals surface area contributed by atoms with Crippen LogP contribution in [0.3, 0.4) is 0 Å². The number of rotatable bonds is 12. The minimum Gasteiger partial charge on any atom is -0.495 e. The Balaban J connectivity index is 1.02. The fraction of sp³-hybridized carbons (Fsp3) is 0.242. The van der Waals surface area contributed by atoms with E-state index in [4.69, 9.17) is 13.9 Å². The van der Waals surface area contributed by atoms with Crippen molar-refractivity contribution < 1.29 is 23.5 Å². The molecule has 1 saturated heterocycles. The summed E-state index contributed by atoms with van der Waals surface area (Å²) in [7, 11) is 1.71. The summed E-state index contributed by atoms with van der Waals surface area (Å²) < 4.78 is 16.2. The van der Waals surface area contributed by atoms with Gasteiger partial charge in [-0.2, -0.15) is 5.10 Å². The van der Waals surface area contributed by atoms with E-state index in [0.29, 0.717) is 23.6 Å². The lowest BCUT2D eigenvalue weighted by atomic mass is 10.1. The molecule has 0 spiro atoms. The first-order valence-electron chi connectivity index (χ1n) is 14.1. The highest BCUT2D eigenvalue weighted by Gasteiger charge is 2.19. The number of ether oxygens (including phenoxy) is 2. The zero-order valence-electron chi connectivity index (χ0n) is 24.1. The van der Waals surface area contributed by atoms with Gasteiger partial charge in [0, 0.05) is 38.3 Å². The van der Waals surface area contributed by atoms with Crippen molar-refractivity contribution in [3.8, 4) is 11.5 Å². The van der Waals surface area contributed by atoms with E-state index in [9.17, 15) is 9.59 Å². The summed E-state index contributed by atoms with van der Waals surface area (Å²) in [6, 6.07) is 26.3. The Hall–Kier alpha value is -5.09. The van der Waals surface area contributed by atoms with E-state index >= 15 is 0 Å². The third-order valence-corrected chi connectivity index (χ3v) is 7.09. The van der Waals surface area contributed by atoms with Crippen LogP contribution in [0.15, 0.2) is 101 Å². The molecule has 2 N–H and O–H groups in total. The Morgan fingerprint density at radius 3 is 2.42 bits per heavy atom. The van der Waals surface area contributed by atoms with Gasteiger partial charge in [-0.1, -0.05) is 24.3 Å². The van der Waals surface area contributed by atoms with Gasteiger partial charge in [0.05, 0.1) is 31.8 Å². The molecule has 222 valence electrons. The first-order chi connectivity index (χ1) is 21.1. The molecule has 2 amide bonds. The van der Waals surface area contributed by atoms with Crippen LogP contribution in [0, 0.1) is 0 Å². The summed E-state index contributed by atoms with van der Waals surface area (Å²) in [4.78, 5) is 29.3. The molecule has 1 aliphatic rings. The molecule has 5 rings (SSSR count). The average molecular weight is 582 g/mol. The number of nitrogens with one attached hydrogen (secondary N) is 2. The molecule has 10 heteroatoms. The third kappa shape index (κ3) is 8.46. The highest BCUT2D eigenvalue weighted by Crippen LogP contribution is 2.28. The van der Waals surface area contributed by atoms with Crippen LogP contribution in [0.1, 0.15) is 27.2 Å². The molecule has 0 radical (unpaired) electrons. The lowest BCUT2D eigenvalue weighted by Crippen LogP contribution is -2.46. The van der Waals surface area contributed by atoms with Gasteiger partial charge in [0.2, 0.25) is 0 Å². The summed E-state index contributed by atoms with van der Waals surface area (Å²) in [6.45, 7) is 4.79. The van der Waals surface area contributed by atoms with Gasteiger partial charge < -0.3 is 24.1 Å². The zero-order chi connectivity index (χ0) is 29.9. The fourth-order valence-electron chi connectivity index (χ4n) is 4.74. The molecule has 4 aromatic rings. The SMILES string of the molecule is COc1ccccc1N1CCN(Cc2ccc(C(=O)N/N=C\c3ccc(OCC(=O)NCc4ccco4)cc3)cc2)CC1. The highest BCUT2D eigenvalue weighted by molar-refractivity contribution is 5.94. The Bertz CT molecular complexity index is 1500. The normalized spacial score (nSPS) is 13.6. The molecule has 0 aliphatic carbocycles. The highest BCUT2D eigenvalue weighted by atomic mass is 16.5. The molecule has 0 atom stereocenters.